The van der Waals surface area contributed by atoms with Crippen LogP contribution in [-0.2, 0) is 0 Å². The van der Waals surface area contributed by atoms with E-state index in [0.29, 0.717) is 5.56 Å². The molecule has 0 unspecified atom stereocenters. The van der Waals surface area contributed by atoms with Gasteiger partial charge in [-0.25, -0.2) is 0 Å². The summed E-state index contributed by atoms with van der Waals surface area (Å²) in [7, 11) is 0. The number of nitrogens with one attached hydrogen (secondary N) is 1. The first-order valence-corrected chi connectivity index (χ1v) is 6.16. The molecule has 0 aliphatic heterocycles. The van der Waals surface area contributed by atoms with E-state index in [1.54, 1.807) is 0 Å². The average molecular weight is 231 g/mol. The molecule has 0 aliphatic rings. The molecule has 0 radical (unpaired) electrons. The van der Waals surface area contributed by atoms with Crippen molar-refractivity contribution in [3.8, 4) is 6.07 Å². The van der Waals surface area contributed by atoms with Crippen molar-refractivity contribution < 1.29 is 0 Å². The Bertz CT molecular complexity index is 416. The molecule has 17 heavy (non-hydrogen) atoms. The Morgan fingerprint density at radius 2 is 2.12 bits per heavy atom. The van der Waals surface area contributed by atoms with Crippen LogP contribution in [0.5, 0.6) is 0 Å². The van der Waals surface area contributed by atoms with Gasteiger partial charge in [0.1, 0.15) is 6.07 Å². The van der Waals surface area contributed by atoms with E-state index in [1.807, 2.05) is 19.9 Å². The first-order chi connectivity index (χ1) is 8.04. The number of nitriles is 1. The molecule has 1 aromatic heterocycles. The Morgan fingerprint density at radius 3 is 2.71 bits per heavy atom. The van der Waals surface area contributed by atoms with Crippen LogP contribution in [-0.4, -0.2) is 11.5 Å². The second kappa shape index (κ2) is 6.24. The number of nitrogens with zero attached hydrogens (tertiary/aromatic N) is 2. The summed E-state index contributed by atoms with van der Waals surface area (Å²) in [5.41, 5.74) is 3.34. The third-order valence-corrected chi connectivity index (χ3v) is 2.71. The lowest BCUT2D eigenvalue weighted by Gasteiger charge is -2.11. The van der Waals surface area contributed by atoms with Crippen LogP contribution >= 0.6 is 0 Å². The number of anilines is 1. The summed E-state index contributed by atoms with van der Waals surface area (Å²) in [6.45, 7) is 9.19. The fourth-order valence-corrected chi connectivity index (χ4v) is 1.84. The maximum atomic E-state index is 9.10. The standard InChI is InChI=1S/C14H21N3/c1-10(2)6-5-7-16-14-8-11(3)17-12(4)13(14)9-15/h8,10H,5-7H2,1-4H3,(H,16,17). The van der Waals surface area contributed by atoms with Crippen molar-refractivity contribution in [2.45, 2.75) is 40.5 Å². The molecule has 0 saturated heterocycles. The lowest BCUT2D eigenvalue weighted by molar-refractivity contribution is 0.567. The van der Waals surface area contributed by atoms with Crippen molar-refractivity contribution >= 4 is 5.69 Å². The molecule has 1 aromatic rings. The predicted molar refractivity (Wildman–Crippen MR) is 71.0 cm³/mol. The lowest BCUT2D eigenvalue weighted by Crippen LogP contribution is -2.06. The molecule has 3 nitrogen and oxygen atoms in total. The van der Waals surface area contributed by atoms with Crippen LogP contribution in [0.1, 0.15) is 43.6 Å². The van der Waals surface area contributed by atoms with Gasteiger partial charge >= 0.3 is 0 Å². The van der Waals surface area contributed by atoms with Crippen LogP contribution in [0, 0.1) is 31.1 Å². The molecule has 1 N–H and O–H groups in total. The van der Waals surface area contributed by atoms with Gasteiger partial charge in [0.25, 0.3) is 0 Å². The molecule has 0 aromatic carbocycles. The van der Waals surface area contributed by atoms with Crippen molar-refractivity contribution in [3.05, 3.63) is 23.0 Å². The molecule has 1 rings (SSSR count). The van der Waals surface area contributed by atoms with Gasteiger partial charge in [-0.1, -0.05) is 13.8 Å². The third-order valence-electron chi connectivity index (χ3n) is 2.71. The van der Waals surface area contributed by atoms with E-state index < -0.39 is 0 Å². The minimum atomic E-state index is 0.667. The fourth-order valence-electron chi connectivity index (χ4n) is 1.84. The molecule has 0 spiro atoms. The molecule has 0 bridgehead atoms. The molecule has 0 amide bonds. The smallest absolute Gasteiger partial charge is 0.103 e. The summed E-state index contributed by atoms with van der Waals surface area (Å²) in [5, 5.41) is 12.4. The highest BCUT2D eigenvalue weighted by Gasteiger charge is 2.07. The second-order valence-electron chi connectivity index (χ2n) is 4.85. The summed E-state index contributed by atoms with van der Waals surface area (Å²) in [5.74, 6) is 0.730. The molecular weight excluding hydrogens is 210 g/mol. The van der Waals surface area contributed by atoms with Gasteiger partial charge in [-0.05, 0) is 38.7 Å². The summed E-state index contributed by atoms with van der Waals surface area (Å²) in [4.78, 5) is 4.30. The highest BCUT2D eigenvalue weighted by Crippen LogP contribution is 2.18. The molecule has 1 heterocycles. The Morgan fingerprint density at radius 1 is 1.41 bits per heavy atom. The van der Waals surface area contributed by atoms with Crippen LogP contribution < -0.4 is 5.32 Å². The van der Waals surface area contributed by atoms with Gasteiger partial charge in [0.2, 0.25) is 0 Å². The highest BCUT2D eigenvalue weighted by atomic mass is 14.9. The van der Waals surface area contributed by atoms with E-state index in [-0.39, 0.29) is 0 Å². The zero-order chi connectivity index (χ0) is 12.8. The van der Waals surface area contributed by atoms with Gasteiger partial charge in [0.05, 0.1) is 16.9 Å². The highest BCUT2D eigenvalue weighted by molar-refractivity contribution is 5.59. The first-order valence-electron chi connectivity index (χ1n) is 6.16. The van der Waals surface area contributed by atoms with Gasteiger partial charge in [-0.2, -0.15) is 5.26 Å². The minimum Gasteiger partial charge on any atom is -0.384 e. The Kier molecular flexibility index (Phi) is 4.96. The number of hydrogen-bond donors (Lipinski definition) is 1. The second-order valence-corrected chi connectivity index (χ2v) is 4.85. The Hall–Kier alpha value is -1.56. The molecular formula is C14H21N3. The SMILES string of the molecule is Cc1cc(NCCCC(C)C)c(C#N)c(C)n1. The zero-order valence-corrected chi connectivity index (χ0v) is 11.2. The van der Waals surface area contributed by atoms with Crippen molar-refractivity contribution in [2.75, 3.05) is 11.9 Å². The summed E-state index contributed by atoms with van der Waals surface area (Å²) >= 11 is 0. The number of aryl methyl sites for hydroxylation is 2. The van der Waals surface area contributed by atoms with Gasteiger partial charge < -0.3 is 5.32 Å². The maximum Gasteiger partial charge on any atom is 0.103 e. The van der Waals surface area contributed by atoms with Gasteiger partial charge in [0.15, 0.2) is 0 Å². The predicted octanol–water partition coefficient (Wildman–Crippen LogP) is 3.42. The van der Waals surface area contributed by atoms with Gasteiger partial charge in [-0.3, -0.25) is 4.98 Å². The van der Waals surface area contributed by atoms with Gasteiger partial charge in [-0.15, -0.1) is 0 Å². The monoisotopic (exact) mass is 231 g/mol. The van der Waals surface area contributed by atoms with E-state index in [2.05, 4.69) is 30.2 Å². The molecule has 0 aliphatic carbocycles. The zero-order valence-electron chi connectivity index (χ0n) is 11.2. The van der Waals surface area contributed by atoms with Crippen molar-refractivity contribution in [1.29, 1.82) is 5.26 Å². The number of hydrogen-bond acceptors (Lipinski definition) is 3. The van der Waals surface area contributed by atoms with Crippen LogP contribution in [0.25, 0.3) is 0 Å². The van der Waals surface area contributed by atoms with Crippen molar-refractivity contribution in [1.82, 2.24) is 4.98 Å². The normalized spacial score (nSPS) is 10.4. The van der Waals surface area contributed by atoms with E-state index >= 15 is 0 Å². The quantitative estimate of drug-likeness (QED) is 0.790. The van der Waals surface area contributed by atoms with E-state index in [4.69, 9.17) is 5.26 Å². The topological polar surface area (TPSA) is 48.7 Å². The first kappa shape index (κ1) is 13.5. The number of aromatic nitrogens is 1. The number of rotatable bonds is 5. The molecule has 0 fully saturated rings. The molecule has 92 valence electrons. The maximum absolute atomic E-state index is 9.10. The average Bonchev–Trinajstić information content (AvgIpc) is 2.23. The van der Waals surface area contributed by atoms with Crippen LogP contribution in [0.4, 0.5) is 5.69 Å². The van der Waals surface area contributed by atoms with E-state index in [9.17, 15) is 0 Å². The van der Waals surface area contributed by atoms with Crippen molar-refractivity contribution in [2.24, 2.45) is 5.92 Å². The Labute approximate surface area is 104 Å². The summed E-state index contributed by atoms with van der Waals surface area (Å²) < 4.78 is 0. The van der Waals surface area contributed by atoms with Gasteiger partial charge in [0, 0.05) is 12.2 Å². The number of pyridine rings is 1. The van der Waals surface area contributed by atoms with Crippen molar-refractivity contribution in [3.63, 3.8) is 0 Å². The molecule has 3 heteroatoms. The fraction of sp³-hybridized carbons (Fsp3) is 0.571. The third kappa shape index (κ3) is 4.07. The summed E-state index contributed by atoms with van der Waals surface area (Å²) in [6.07, 6.45) is 2.33. The van der Waals surface area contributed by atoms with E-state index in [1.165, 1.54) is 6.42 Å². The molecule has 0 saturated carbocycles. The molecule has 0 atom stereocenters. The summed E-state index contributed by atoms with van der Waals surface area (Å²) in [6, 6.07) is 4.16. The van der Waals surface area contributed by atoms with Crippen LogP contribution in [0.15, 0.2) is 6.07 Å². The Balaban J connectivity index is 2.67. The van der Waals surface area contributed by atoms with Crippen LogP contribution in [0.3, 0.4) is 0 Å². The lowest BCUT2D eigenvalue weighted by atomic mass is 10.1. The largest absolute Gasteiger partial charge is 0.384 e. The minimum absolute atomic E-state index is 0.667. The van der Waals surface area contributed by atoms with Crippen LogP contribution in [0.2, 0.25) is 0 Å². The van der Waals surface area contributed by atoms with E-state index in [0.717, 1.165) is 36.0 Å².